The quantitative estimate of drug-likeness (QED) is 0.720. The molecule has 1 fully saturated rings. The Kier molecular flexibility index (Phi) is 4.52. The van der Waals surface area contributed by atoms with Crippen molar-refractivity contribution < 1.29 is 9.53 Å². The highest BCUT2D eigenvalue weighted by atomic mass is 35.5. The van der Waals surface area contributed by atoms with Gasteiger partial charge in [-0.15, -0.1) is 11.3 Å². The van der Waals surface area contributed by atoms with E-state index in [0.29, 0.717) is 5.92 Å². The average Bonchev–Trinajstić information content (AvgIpc) is 2.88. The monoisotopic (exact) mass is 352 g/mol. The smallest absolute Gasteiger partial charge is 0.410 e. The maximum Gasteiger partial charge on any atom is 0.410 e. The molecule has 1 saturated heterocycles. The van der Waals surface area contributed by atoms with E-state index >= 15 is 0 Å². The van der Waals surface area contributed by atoms with Crippen LogP contribution in [-0.2, 0) is 4.74 Å². The van der Waals surface area contributed by atoms with E-state index in [-0.39, 0.29) is 6.09 Å². The molecule has 0 atom stereocenters. The fourth-order valence-electron chi connectivity index (χ4n) is 2.73. The molecule has 2 heterocycles. The molecule has 124 valence electrons. The molecule has 1 aliphatic heterocycles. The molecule has 4 nitrogen and oxygen atoms in total. The summed E-state index contributed by atoms with van der Waals surface area (Å²) in [5.41, 5.74) is 0.559. The van der Waals surface area contributed by atoms with Gasteiger partial charge in [0.15, 0.2) is 0 Å². The van der Waals surface area contributed by atoms with Gasteiger partial charge in [-0.05, 0) is 51.8 Å². The van der Waals surface area contributed by atoms with Crippen LogP contribution >= 0.6 is 22.9 Å². The number of piperidine rings is 1. The minimum absolute atomic E-state index is 0.216. The number of aromatic nitrogens is 1. The minimum atomic E-state index is -0.444. The van der Waals surface area contributed by atoms with Gasteiger partial charge in [0, 0.05) is 24.0 Å². The summed E-state index contributed by atoms with van der Waals surface area (Å²) in [5, 5.41) is 1.89. The lowest BCUT2D eigenvalue weighted by molar-refractivity contribution is 0.0205. The zero-order valence-corrected chi connectivity index (χ0v) is 15.2. The molecule has 1 aromatic heterocycles. The minimum Gasteiger partial charge on any atom is -0.444 e. The molecule has 0 radical (unpaired) electrons. The Balaban J connectivity index is 1.65. The molecule has 3 rings (SSSR count). The molecule has 0 aliphatic carbocycles. The fourth-order valence-corrected chi connectivity index (χ4v) is 4.14. The van der Waals surface area contributed by atoms with Gasteiger partial charge < -0.3 is 9.64 Å². The van der Waals surface area contributed by atoms with Gasteiger partial charge in [-0.1, -0.05) is 11.6 Å². The highest BCUT2D eigenvalue weighted by Gasteiger charge is 2.28. The maximum atomic E-state index is 12.1. The Hall–Kier alpha value is -1.33. The first-order valence-electron chi connectivity index (χ1n) is 7.86. The summed E-state index contributed by atoms with van der Waals surface area (Å²) in [4.78, 5) is 18.6. The van der Waals surface area contributed by atoms with Gasteiger partial charge in [-0.2, -0.15) is 0 Å². The van der Waals surface area contributed by atoms with Gasteiger partial charge >= 0.3 is 6.09 Å². The lowest BCUT2D eigenvalue weighted by atomic mass is 9.98. The molecule has 2 aromatic rings. The molecule has 0 saturated carbocycles. The number of amides is 1. The lowest BCUT2D eigenvalue weighted by Crippen LogP contribution is -2.41. The third kappa shape index (κ3) is 3.96. The van der Waals surface area contributed by atoms with Crippen molar-refractivity contribution in [2.75, 3.05) is 13.1 Å². The molecule has 0 bridgehead atoms. The SMILES string of the molecule is CC(C)(C)OC(=O)N1CCC(c2nc3ccc(Cl)cc3s2)CC1. The molecule has 1 aromatic carbocycles. The number of benzene rings is 1. The molecular formula is C17H21ClN2O2S. The van der Waals surface area contributed by atoms with Gasteiger partial charge in [0.25, 0.3) is 0 Å². The number of hydrogen-bond donors (Lipinski definition) is 0. The largest absolute Gasteiger partial charge is 0.444 e. The van der Waals surface area contributed by atoms with Crippen molar-refractivity contribution >= 4 is 39.2 Å². The van der Waals surface area contributed by atoms with Crippen molar-refractivity contribution in [3.8, 4) is 0 Å². The summed E-state index contributed by atoms with van der Waals surface area (Å²) in [5.74, 6) is 0.407. The number of carbonyl (C=O) groups excluding carboxylic acids is 1. The second kappa shape index (κ2) is 6.29. The van der Waals surface area contributed by atoms with Crippen LogP contribution in [0.5, 0.6) is 0 Å². The van der Waals surface area contributed by atoms with Crippen LogP contribution < -0.4 is 0 Å². The Morgan fingerprint density at radius 1 is 1.35 bits per heavy atom. The second-order valence-electron chi connectivity index (χ2n) is 6.91. The summed E-state index contributed by atoms with van der Waals surface area (Å²) < 4.78 is 6.57. The first-order valence-corrected chi connectivity index (χ1v) is 9.05. The van der Waals surface area contributed by atoms with Gasteiger partial charge in [0.2, 0.25) is 0 Å². The van der Waals surface area contributed by atoms with Crippen molar-refractivity contribution in [2.24, 2.45) is 0 Å². The van der Waals surface area contributed by atoms with E-state index in [4.69, 9.17) is 21.3 Å². The molecule has 0 N–H and O–H groups in total. The second-order valence-corrected chi connectivity index (χ2v) is 8.40. The van der Waals surface area contributed by atoms with E-state index in [1.807, 2.05) is 39.0 Å². The third-order valence-electron chi connectivity index (χ3n) is 3.86. The fraction of sp³-hybridized carbons (Fsp3) is 0.529. The summed E-state index contributed by atoms with van der Waals surface area (Å²) in [6.07, 6.45) is 1.63. The van der Waals surface area contributed by atoms with Crippen LogP contribution in [0.4, 0.5) is 4.79 Å². The number of likely N-dealkylation sites (tertiary alicyclic amines) is 1. The van der Waals surface area contributed by atoms with Crippen LogP contribution in [0.3, 0.4) is 0 Å². The van der Waals surface area contributed by atoms with Gasteiger partial charge in [-0.3, -0.25) is 0 Å². The summed E-state index contributed by atoms with van der Waals surface area (Å²) in [7, 11) is 0. The van der Waals surface area contributed by atoms with E-state index < -0.39 is 5.60 Å². The normalized spacial score (nSPS) is 16.8. The first-order chi connectivity index (χ1) is 10.8. The number of nitrogens with zero attached hydrogens (tertiary/aromatic N) is 2. The van der Waals surface area contributed by atoms with Crippen molar-refractivity contribution in [1.82, 2.24) is 9.88 Å². The molecule has 1 aliphatic rings. The van der Waals surface area contributed by atoms with Crippen LogP contribution in [-0.4, -0.2) is 34.7 Å². The molecule has 23 heavy (non-hydrogen) atoms. The molecule has 0 spiro atoms. The topological polar surface area (TPSA) is 42.4 Å². The van der Waals surface area contributed by atoms with E-state index in [2.05, 4.69) is 0 Å². The highest BCUT2D eigenvalue weighted by molar-refractivity contribution is 7.18. The summed E-state index contributed by atoms with van der Waals surface area (Å²) >= 11 is 7.75. The Bertz CT molecular complexity index is 715. The number of rotatable bonds is 1. The lowest BCUT2D eigenvalue weighted by Gasteiger charge is -2.32. The van der Waals surface area contributed by atoms with E-state index in [1.165, 1.54) is 0 Å². The zero-order chi connectivity index (χ0) is 16.6. The van der Waals surface area contributed by atoms with Gasteiger partial charge in [0.1, 0.15) is 5.60 Å². The highest BCUT2D eigenvalue weighted by Crippen LogP contribution is 2.35. The standard InChI is InChI=1S/C17H21ClN2O2S/c1-17(2,3)22-16(21)20-8-6-11(7-9-20)15-19-13-5-4-12(18)10-14(13)23-15/h4-5,10-11H,6-9H2,1-3H3. The van der Waals surface area contributed by atoms with Crippen molar-refractivity contribution in [3.63, 3.8) is 0 Å². The van der Waals surface area contributed by atoms with Crippen LogP contribution in [0.2, 0.25) is 5.02 Å². The Morgan fingerprint density at radius 2 is 2.04 bits per heavy atom. The molecule has 0 unspecified atom stereocenters. The number of carbonyl (C=O) groups is 1. The van der Waals surface area contributed by atoms with Crippen molar-refractivity contribution in [3.05, 3.63) is 28.2 Å². The first kappa shape index (κ1) is 16.5. The molecular weight excluding hydrogens is 332 g/mol. The summed E-state index contributed by atoms with van der Waals surface area (Å²) in [6.45, 7) is 7.12. The number of halogens is 1. The van der Waals surface area contributed by atoms with Crippen LogP contribution in [0.25, 0.3) is 10.2 Å². The van der Waals surface area contributed by atoms with Crippen molar-refractivity contribution in [2.45, 2.75) is 45.1 Å². The zero-order valence-electron chi connectivity index (χ0n) is 13.6. The molecule has 1 amide bonds. The number of thiazole rings is 1. The number of hydrogen-bond acceptors (Lipinski definition) is 4. The third-order valence-corrected chi connectivity index (χ3v) is 5.28. The van der Waals surface area contributed by atoms with Crippen LogP contribution in [0, 0.1) is 0 Å². The average molecular weight is 353 g/mol. The van der Waals surface area contributed by atoms with E-state index in [9.17, 15) is 4.79 Å². The van der Waals surface area contributed by atoms with Gasteiger partial charge in [0.05, 0.1) is 15.2 Å². The van der Waals surface area contributed by atoms with Crippen LogP contribution in [0.15, 0.2) is 18.2 Å². The predicted molar refractivity (Wildman–Crippen MR) is 94.4 cm³/mol. The Morgan fingerprint density at radius 3 is 2.70 bits per heavy atom. The summed E-state index contributed by atoms with van der Waals surface area (Å²) in [6, 6.07) is 5.81. The Labute approximate surface area is 145 Å². The van der Waals surface area contributed by atoms with E-state index in [1.54, 1.807) is 16.2 Å². The molecule has 6 heteroatoms. The van der Waals surface area contributed by atoms with Gasteiger partial charge in [-0.25, -0.2) is 9.78 Å². The van der Waals surface area contributed by atoms with Crippen LogP contribution in [0.1, 0.15) is 44.5 Å². The number of ether oxygens (including phenoxy) is 1. The predicted octanol–water partition coefficient (Wildman–Crippen LogP) is 5.06. The van der Waals surface area contributed by atoms with E-state index in [0.717, 1.165) is 46.2 Å². The van der Waals surface area contributed by atoms with Crippen molar-refractivity contribution in [1.29, 1.82) is 0 Å². The number of fused-ring (bicyclic) bond motifs is 1. The maximum absolute atomic E-state index is 12.1.